The average Bonchev–Trinajstić information content (AvgIpc) is 3.19. The molecule has 2 aromatic rings. The Morgan fingerprint density at radius 1 is 1.02 bits per heavy atom. The Morgan fingerprint density at radius 2 is 1.76 bits per heavy atom. The molecule has 0 radical (unpaired) electrons. The first-order chi connectivity index (χ1) is 28.1. The molecule has 0 fully saturated rings. The van der Waals surface area contributed by atoms with E-state index in [1.165, 1.54) is 30.5 Å². The van der Waals surface area contributed by atoms with Crippen molar-refractivity contribution in [2.75, 3.05) is 38.5 Å². The number of aromatic nitrogens is 1. The van der Waals surface area contributed by atoms with Crippen molar-refractivity contribution in [3.8, 4) is 0 Å². The molecule has 1 aliphatic rings. The van der Waals surface area contributed by atoms with Gasteiger partial charge in [0.2, 0.25) is 23.6 Å². The van der Waals surface area contributed by atoms with Crippen LogP contribution in [0, 0.1) is 11.4 Å². The van der Waals surface area contributed by atoms with Crippen LogP contribution in [0.1, 0.15) is 85.1 Å². The highest BCUT2D eigenvalue weighted by molar-refractivity contribution is 6.05. The van der Waals surface area contributed by atoms with Gasteiger partial charge in [-0.25, -0.2) is 10.5 Å². The number of amides is 6. The number of anilines is 1. The number of aliphatic carboxylic acids is 1. The first-order valence-electron chi connectivity index (χ1n) is 19.3. The highest BCUT2D eigenvalue weighted by atomic mass is 16.4. The van der Waals surface area contributed by atoms with Gasteiger partial charge < -0.3 is 43.2 Å². The maximum absolute atomic E-state index is 13.9. The lowest BCUT2D eigenvalue weighted by atomic mass is 10.0. The Kier molecular flexibility index (Phi) is 19.0. The van der Waals surface area contributed by atoms with Crippen LogP contribution in [0.4, 0.5) is 11.5 Å². The molecule has 12 N–H and O–H groups in total. The van der Waals surface area contributed by atoms with Crippen molar-refractivity contribution in [2.24, 2.45) is 27.5 Å². The van der Waals surface area contributed by atoms with Crippen LogP contribution in [0.25, 0.3) is 0 Å². The van der Waals surface area contributed by atoms with Gasteiger partial charge in [-0.2, -0.15) is 0 Å². The Labute approximate surface area is 341 Å². The lowest BCUT2D eigenvalue weighted by Gasteiger charge is -2.33. The molecule has 0 spiro atoms. The number of carbonyl (C=O) groups is 7. The average molecular weight is 822 g/mol. The fourth-order valence-electron chi connectivity index (χ4n) is 6.02. The summed E-state index contributed by atoms with van der Waals surface area (Å²) in [7, 11) is 1.68. The molecule has 320 valence electrons. The van der Waals surface area contributed by atoms with Gasteiger partial charge in [-0.1, -0.05) is 20.3 Å². The second-order valence-corrected chi connectivity index (χ2v) is 14.4. The van der Waals surface area contributed by atoms with Crippen LogP contribution in [0.3, 0.4) is 0 Å². The summed E-state index contributed by atoms with van der Waals surface area (Å²) in [5.41, 5.74) is 19.6. The molecule has 0 saturated heterocycles. The number of carboxylic acids is 1. The minimum atomic E-state index is -1.50. The van der Waals surface area contributed by atoms with Crippen molar-refractivity contribution >= 4 is 58.9 Å². The van der Waals surface area contributed by atoms with E-state index in [2.05, 4.69) is 47.0 Å². The maximum Gasteiger partial charge on any atom is 0.305 e. The number of likely N-dealkylation sites (N-methyl/N-ethyl adjacent to an activating group) is 1. The van der Waals surface area contributed by atoms with Crippen LogP contribution in [0.15, 0.2) is 46.6 Å². The van der Waals surface area contributed by atoms with Crippen molar-refractivity contribution in [1.29, 1.82) is 5.53 Å². The summed E-state index contributed by atoms with van der Waals surface area (Å²) in [5.74, 6) is -5.06. The minimum absolute atomic E-state index is 0.0956. The van der Waals surface area contributed by atoms with E-state index in [-0.39, 0.29) is 67.2 Å². The summed E-state index contributed by atoms with van der Waals surface area (Å²) in [6.45, 7) is 3.87. The number of nitrogens with one attached hydrogen (secondary N) is 7. The predicted molar refractivity (Wildman–Crippen MR) is 216 cm³/mol. The molecule has 2 bridgehead atoms. The number of benzene rings is 1. The molecular formula is C38H55N13O8. The largest absolute Gasteiger partial charge is 0.481 e. The Hall–Kier alpha value is -6.35. The summed E-state index contributed by atoms with van der Waals surface area (Å²) < 4.78 is 0. The highest BCUT2D eigenvalue weighted by Crippen LogP contribution is 2.19. The van der Waals surface area contributed by atoms with Crippen molar-refractivity contribution in [2.45, 2.75) is 83.5 Å². The number of guanidine groups is 1. The topological polar surface area (TPSA) is 329 Å². The number of aliphatic imine (C=N–C) groups is 1. The number of nitrogens with zero attached hydrogens (tertiary/aromatic N) is 4. The maximum atomic E-state index is 13.9. The summed E-state index contributed by atoms with van der Waals surface area (Å²) in [5, 5.41) is 28.5. The normalized spacial score (nSPS) is 18.7. The quantitative estimate of drug-likeness (QED) is 0.0508. The summed E-state index contributed by atoms with van der Waals surface area (Å²) in [6.07, 6.45) is 3.36. The van der Waals surface area contributed by atoms with E-state index >= 15 is 0 Å². The van der Waals surface area contributed by atoms with Gasteiger partial charge in [0, 0.05) is 49.5 Å². The van der Waals surface area contributed by atoms with Gasteiger partial charge in [-0.3, -0.25) is 48.8 Å². The number of fused-ring (bicyclic) bond motifs is 2. The molecule has 0 aliphatic carbocycles. The molecule has 21 nitrogen and oxygen atoms in total. The fraction of sp³-hybridized carbons (Fsp3) is 0.500. The van der Waals surface area contributed by atoms with Gasteiger partial charge in [0.15, 0.2) is 11.8 Å². The number of pyridine rings is 1. The zero-order valence-corrected chi connectivity index (χ0v) is 33.5. The number of hydrogen-bond acceptors (Lipinski definition) is 13. The van der Waals surface area contributed by atoms with Crippen LogP contribution in [-0.2, 0) is 30.5 Å². The van der Waals surface area contributed by atoms with Crippen LogP contribution in [-0.4, -0.2) is 114 Å². The van der Waals surface area contributed by atoms with Gasteiger partial charge in [0.25, 0.3) is 11.8 Å². The van der Waals surface area contributed by atoms with Crippen molar-refractivity contribution in [3.05, 3.63) is 53.2 Å². The smallest absolute Gasteiger partial charge is 0.305 e. The van der Waals surface area contributed by atoms with Crippen molar-refractivity contribution in [3.63, 3.8) is 0 Å². The third-order valence-electron chi connectivity index (χ3n) is 9.29. The standard InChI is InChI=1S/C38H55N13O8/c1-22(2)28-21-51(3)29(8-7-13-42-38(40)49-34(56)24-10-11-30(50-41)43-19-24)37(59)45-20-32(53)47-27(17-33(54)55)36(58)44-18-23-14-25(35(57)48-28)16-26(15-23)46-31(52)9-5-4-6-12-39/h10-11,14-16,19,22,27-29,41H,4-9,12-13,17-18,20-21,39H2,1-3H3,(H,44,58)(H,45,59)(H,46,52)(H,47,53)(H,48,57)(H,54,55)(H3,40,42,49,56). The van der Waals surface area contributed by atoms with E-state index < -0.39 is 66.6 Å². The number of hydrogen-bond donors (Lipinski definition) is 10. The third kappa shape index (κ3) is 16.2. The van der Waals surface area contributed by atoms with Crippen molar-refractivity contribution in [1.82, 2.24) is 36.5 Å². The summed E-state index contributed by atoms with van der Waals surface area (Å²) >= 11 is 0. The number of carboxylic acid groups (broad SMARTS) is 1. The number of rotatable bonds is 15. The lowest BCUT2D eigenvalue weighted by molar-refractivity contribution is -0.140. The second kappa shape index (κ2) is 23.8. The highest BCUT2D eigenvalue weighted by Gasteiger charge is 2.29. The molecular weight excluding hydrogens is 767 g/mol. The first kappa shape index (κ1) is 47.0. The number of unbranched alkanes of at least 4 members (excludes halogenated alkanes) is 2. The Morgan fingerprint density at radius 3 is 2.42 bits per heavy atom. The number of nitrogens with two attached hydrogens (primary N) is 2. The zero-order valence-electron chi connectivity index (χ0n) is 33.5. The zero-order chi connectivity index (χ0) is 43.5. The van der Waals surface area contributed by atoms with E-state index in [1.54, 1.807) is 18.0 Å². The van der Waals surface area contributed by atoms with E-state index in [9.17, 15) is 38.7 Å². The van der Waals surface area contributed by atoms with E-state index in [4.69, 9.17) is 17.0 Å². The van der Waals surface area contributed by atoms with Gasteiger partial charge in [0.1, 0.15) is 6.04 Å². The van der Waals surface area contributed by atoms with E-state index in [1.807, 2.05) is 13.8 Å². The molecule has 3 unspecified atom stereocenters. The van der Waals surface area contributed by atoms with Crippen LogP contribution in [0.2, 0.25) is 0 Å². The molecule has 1 aromatic heterocycles. The van der Waals surface area contributed by atoms with Gasteiger partial charge >= 0.3 is 5.97 Å². The van der Waals surface area contributed by atoms with Crippen LogP contribution >= 0.6 is 0 Å². The molecule has 3 atom stereocenters. The van der Waals surface area contributed by atoms with Gasteiger partial charge in [-0.15, -0.1) is 5.11 Å². The second-order valence-electron chi connectivity index (χ2n) is 14.4. The van der Waals surface area contributed by atoms with Gasteiger partial charge in [0.05, 0.1) is 24.6 Å². The molecule has 2 heterocycles. The summed E-state index contributed by atoms with van der Waals surface area (Å²) in [6, 6.07) is 4.59. The summed E-state index contributed by atoms with van der Waals surface area (Å²) in [4.78, 5) is 100. The molecule has 3 rings (SSSR count). The molecule has 21 heteroatoms. The lowest BCUT2D eigenvalue weighted by Crippen LogP contribution is -2.54. The van der Waals surface area contributed by atoms with E-state index in [0.717, 1.165) is 12.8 Å². The first-order valence-corrected chi connectivity index (χ1v) is 19.3. The predicted octanol–water partition coefficient (Wildman–Crippen LogP) is 0.487. The molecule has 0 saturated carbocycles. The van der Waals surface area contributed by atoms with Crippen LogP contribution < -0.4 is 43.4 Å². The van der Waals surface area contributed by atoms with Gasteiger partial charge in [-0.05, 0) is 81.1 Å². The Bertz CT molecular complexity index is 1850. The fourth-order valence-corrected chi connectivity index (χ4v) is 6.02. The third-order valence-corrected chi connectivity index (χ3v) is 9.29. The number of carbonyl (C=O) groups excluding carboxylic acids is 6. The monoisotopic (exact) mass is 821 g/mol. The molecule has 59 heavy (non-hydrogen) atoms. The molecule has 1 aliphatic heterocycles. The minimum Gasteiger partial charge on any atom is -0.481 e. The molecule has 6 amide bonds. The SMILES string of the molecule is CC(C)C1CN(C)C(CCCN=C(N)NC(=O)c2ccc(N=N)nc2)C(=O)NCC(=O)NC(CC(=O)O)C(=O)NCc2cc(NC(=O)CCCCCN)cc(c2)C(=O)N1. The van der Waals surface area contributed by atoms with Crippen LogP contribution in [0.5, 0.6) is 0 Å². The van der Waals surface area contributed by atoms with E-state index in [0.29, 0.717) is 30.6 Å². The molecule has 1 aromatic carbocycles. The Balaban J connectivity index is 1.87. The van der Waals surface area contributed by atoms with Crippen molar-refractivity contribution < 1.29 is 38.7 Å².